The van der Waals surface area contributed by atoms with Gasteiger partial charge in [-0.1, -0.05) is 50.7 Å². The van der Waals surface area contributed by atoms with Crippen molar-refractivity contribution >= 4 is 17.2 Å². The van der Waals surface area contributed by atoms with Crippen molar-refractivity contribution in [2.24, 2.45) is 5.73 Å². The van der Waals surface area contributed by atoms with Gasteiger partial charge in [0, 0.05) is 12.1 Å². The molecule has 0 aliphatic heterocycles. The third kappa shape index (κ3) is 5.03. The summed E-state index contributed by atoms with van der Waals surface area (Å²) < 4.78 is 0. The van der Waals surface area contributed by atoms with E-state index < -0.39 is 0 Å². The van der Waals surface area contributed by atoms with Crippen molar-refractivity contribution in [1.29, 1.82) is 0 Å². The molecule has 0 radical (unpaired) electrons. The zero-order chi connectivity index (χ0) is 13.5. The molecule has 110 valence electrons. The molecule has 2 nitrogen and oxygen atoms in total. The number of thiocarbonyl (C=S) groups is 1. The summed E-state index contributed by atoms with van der Waals surface area (Å²) in [7, 11) is 0. The zero-order valence-corrected chi connectivity index (χ0v) is 13.1. The van der Waals surface area contributed by atoms with E-state index in [-0.39, 0.29) is 0 Å². The third-order valence-corrected chi connectivity index (χ3v) is 5.13. The van der Waals surface area contributed by atoms with E-state index in [1.165, 1.54) is 70.8 Å². The van der Waals surface area contributed by atoms with Crippen molar-refractivity contribution in [2.45, 2.75) is 89.1 Å². The highest BCUT2D eigenvalue weighted by Gasteiger charge is 2.28. The van der Waals surface area contributed by atoms with E-state index in [9.17, 15) is 0 Å². The van der Waals surface area contributed by atoms with Crippen LogP contribution in [0.2, 0.25) is 0 Å². The largest absolute Gasteiger partial charge is 0.393 e. The Labute approximate surface area is 124 Å². The van der Waals surface area contributed by atoms with E-state index in [4.69, 9.17) is 18.0 Å². The number of rotatable bonds is 6. The van der Waals surface area contributed by atoms with Crippen LogP contribution in [0.4, 0.5) is 0 Å². The fourth-order valence-corrected chi connectivity index (χ4v) is 4.07. The average Bonchev–Trinajstić information content (AvgIpc) is 2.45. The van der Waals surface area contributed by atoms with Crippen LogP contribution in [0.25, 0.3) is 0 Å². The number of nitrogens with zero attached hydrogens (tertiary/aromatic N) is 1. The predicted molar refractivity (Wildman–Crippen MR) is 86.5 cm³/mol. The van der Waals surface area contributed by atoms with Gasteiger partial charge >= 0.3 is 0 Å². The molecule has 2 fully saturated rings. The van der Waals surface area contributed by atoms with E-state index in [1.807, 2.05) is 0 Å². The van der Waals surface area contributed by atoms with Gasteiger partial charge in [0.15, 0.2) is 0 Å². The molecule has 2 aliphatic carbocycles. The van der Waals surface area contributed by atoms with Gasteiger partial charge in [-0.25, -0.2) is 0 Å². The molecule has 19 heavy (non-hydrogen) atoms. The second-order valence-electron chi connectivity index (χ2n) is 6.39. The van der Waals surface area contributed by atoms with Crippen LogP contribution >= 0.6 is 12.2 Å². The van der Waals surface area contributed by atoms with Crippen molar-refractivity contribution < 1.29 is 0 Å². The van der Waals surface area contributed by atoms with Crippen LogP contribution in [0.1, 0.15) is 77.0 Å². The standard InChI is InChI=1S/C16H30N2S/c17-16(19)12-7-13-18(14-8-3-1-4-9-14)15-10-5-2-6-11-15/h14-15H,1-13H2,(H2,17,19). The normalized spacial score (nSPS) is 22.8. The fourth-order valence-electron chi connectivity index (χ4n) is 3.92. The van der Waals surface area contributed by atoms with E-state index >= 15 is 0 Å². The molecule has 2 saturated carbocycles. The molecule has 0 saturated heterocycles. The predicted octanol–water partition coefficient (Wildman–Crippen LogP) is 4.02. The average molecular weight is 282 g/mol. The summed E-state index contributed by atoms with van der Waals surface area (Å²) in [5, 5.41) is 0. The van der Waals surface area contributed by atoms with Gasteiger partial charge in [0.25, 0.3) is 0 Å². The van der Waals surface area contributed by atoms with Crippen LogP contribution in [0, 0.1) is 0 Å². The van der Waals surface area contributed by atoms with Crippen molar-refractivity contribution in [3.8, 4) is 0 Å². The Balaban J connectivity index is 1.88. The van der Waals surface area contributed by atoms with Crippen LogP contribution in [0.5, 0.6) is 0 Å². The molecular weight excluding hydrogens is 252 g/mol. The van der Waals surface area contributed by atoms with Gasteiger partial charge in [-0.3, -0.25) is 4.90 Å². The third-order valence-electron chi connectivity index (χ3n) is 4.93. The van der Waals surface area contributed by atoms with Gasteiger partial charge in [-0.15, -0.1) is 0 Å². The molecule has 0 unspecified atom stereocenters. The molecule has 0 atom stereocenters. The minimum absolute atomic E-state index is 0.687. The molecule has 0 bridgehead atoms. The van der Waals surface area contributed by atoms with Crippen LogP contribution in [-0.2, 0) is 0 Å². The molecular formula is C16H30N2S. The summed E-state index contributed by atoms with van der Waals surface area (Å²) in [4.78, 5) is 3.53. The first-order chi connectivity index (χ1) is 9.27. The number of nitrogens with two attached hydrogens (primary N) is 1. The fraction of sp³-hybridized carbons (Fsp3) is 0.938. The second-order valence-corrected chi connectivity index (χ2v) is 6.92. The molecule has 2 N–H and O–H groups in total. The lowest BCUT2D eigenvalue weighted by Gasteiger charge is -2.41. The monoisotopic (exact) mass is 282 g/mol. The van der Waals surface area contributed by atoms with Gasteiger partial charge < -0.3 is 5.73 Å². The van der Waals surface area contributed by atoms with Crippen LogP contribution in [0.15, 0.2) is 0 Å². The molecule has 0 aromatic rings. The molecule has 0 amide bonds. The Hall–Kier alpha value is -0.150. The number of hydrogen-bond donors (Lipinski definition) is 1. The molecule has 0 spiro atoms. The van der Waals surface area contributed by atoms with Gasteiger partial charge in [0.2, 0.25) is 0 Å². The highest BCUT2D eigenvalue weighted by atomic mass is 32.1. The molecule has 0 aromatic heterocycles. The highest BCUT2D eigenvalue weighted by molar-refractivity contribution is 7.80. The van der Waals surface area contributed by atoms with Crippen molar-refractivity contribution in [3.05, 3.63) is 0 Å². The zero-order valence-electron chi connectivity index (χ0n) is 12.3. The van der Waals surface area contributed by atoms with Crippen molar-refractivity contribution in [3.63, 3.8) is 0 Å². The maximum atomic E-state index is 5.65. The quantitative estimate of drug-likeness (QED) is 0.746. The summed E-state index contributed by atoms with van der Waals surface area (Å²) >= 11 is 5.02. The Morgan fingerprint density at radius 2 is 1.37 bits per heavy atom. The lowest BCUT2D eigenvalue weighted by atomic mass is 9.88. The van der Waals surface area contributed by atoms with Gasteiger partial charge in [-0.05, 0) is 45.1 Å². The molecule has 3 heteroatoms. The van der Waals surface area contributed by atoms with Gasteiger partial charge in [0.1, 0.15) is 0 Å². The van der Waals surface area contributed by atoms with Crippen LogP contribution in [0.3, 0.4) is 0 Å². The van der Waals surface area contributed by atoms with E-state index in [1.54, 1.807) is 0 Å². The van der Waals surface area contributed by atoms with Crippen molar-refractivity contribution in [1.82, 2.24) is 4.90 Å². The lowest BCUT2D eigenvalue weighted by molar-refractivity contribution is 0.0802. The van der Waals surface area contributed by atoms with Gasteiger partial charge in [0.05, 0.1) is 4.99 Å². The van der Waals surface area contributed by atoms with E-state index in [0.717, 1.165) is 24.9 Å². The smallest absolute Gasteiger partial charge is 0.0727 e. The Bertz CT molecular complexity index is 250. The highest BCUT2D eigenvalue weighted by Crippen LogP contribution is 2.30. The lowest BCUT2D eigenvalue weighted by Crippen LogP contribution is -2.45. The van der Waals surface area contributed by atoms with Gasteiger partial charge in [-0.2, -0.15) is 0 Å². The molecule has 2 aliphatic rings. The van der Waals surface area contributed by atoms with Crippen LogP contribution in [-0.4, -0.2) is 28.5 Å². The minimum atomic E-state index is 0.687. The van der Waals surface area contributed by atoms with E-state index in [0.29, 0.717) is 4.99 Å². The molecule has 2 rings (SSSR count). The minimum Gasteiger partial charge on any atom is -0.393 e. The Morgan fingerprint density at radius 3 is 1.79 bits per heavy atom. The summed E-state index contributed by atoms with van der Waals surface area (Å²) in [5.74, 6) is 0. The number of hydrogen-bond acceptors (Lipinski definition) is 2. The molecule has 0 aromatic carbocycles. The van der Waals surface area contributed by atoms with E-state index in [2.05, 4.69) is 4.90 Å². The maximum Gasteiger partial charge on any atom is 0.0727 e. The summed E-state index contributed by atoms with van der Waals surface area (Å²) in [6.07, 6.45) is 16.4. The first-order valence-electron chi connectivity index (χ1n) is 8.31. The van der Waals surface area contributed by atoms with Crippen LogP contribution < -0.4 is 5.73 Å². The maximum absolute atomic E-state index is 5.65. The second kappa shape index (κ2) is 8.21. The topological polar surface area (TPSA) is 29.3 Å². The Morgan fingerprint density at radius 1 is 0.895 bits per heavy atom. The SMILES string of the molecule is NC(=S)CCCN(C1CCCCC1)C1CCCCC1. The summed E-state index contributed by atoms with van der Waals surface area (Å²) in [6.45, 7) is 1.21. The first kappa shape index (κ1) is 15.2. The molecule has 0 heterocycles. The Kier molecular flexibility index (Phi) is 6.58. The summed E-state index contributed by atoms with van der Waals surface area (Å²) in [5.41, 5.74) is 5.65. The first-order valence-corrected chi connectivity index (χ1v) is 8.72. The van der Waals surface area contributed by atoms with Crippen molar-refractivity contribution in [2.75, 3.05) is 6.54 Å². The summed E-state index contributed by atoms with van der Waals surface area (Å²) in [6, 6.07) is 1.70.